The first kappa shape index (κ1) is 11.9. The molecule has 2 rings (SSSR count). The number of rotatable bonds is 3. The highest BCUT2D eigenvalue weighted by Gasteiger charge is 2.34. The summed E-state index contributed by atoms with van der Waals surface area (Å²) in [6, 6.07) is 7.76. The van der Waals surface area contributed by atoms with Crippen LogP contribution >= 0.6 is 22.6 Å². The van der Waals surface area contributed by atoms with Gasteiger partial charge in [-0.25, -0.2) is 0 Å². The van der Waals surface area contributed by atoms with Crippen LogP contribution in [0.1, 0.15) is 23.7 Å². The fourth-order valence-electron chi connectivity index (χ4n) is 1.93. The lowest BCUT2D eigenvalue weighted by atomic mass is 10.2. The Morgan fingerprint density at radius 2 is 2.25 bits per heavy atom. The molecule has 1 aliphatic rings. The number of benzene rings is 1. The second kappa shape index (κ2) is 4.73. The number of nitrogens with zero attached hydrogens (tertiary/aromatic N) is 1. The quantitative estimate of drug-likeness (QED) is 0.781. The molecule has 1 aromatic carbocycles. The van der Waals surface area contributed by atoms with Gasteiger partial charge in [0.1, 0.15) is 0 Å². The van der Waals surface area contributed by atoms with Crippen molar-refractivity contribution in [1.82, 2.24) is 4.90 Å². The first-order valence-corrected chi connectivity index (χ1v) is 6.67. The molecule has 0 aliphatic heterocycles. The summed E-state index contributed by atoms with van der Waals surface area (Å²) in [5.74, 6) is 1.65. The third-order valence-electron chi connectivity index (χ3n) is 3.20. The van der Waals surface area contributed by atoms with E-state index in [4.69, 9.17) is 0 Å². The average Bonchev–Trinajstić information content (AvgIpc) is 2.93. The smallest absolute Gasteiger partial charge is 0.253 e. The third-order valence-corrected chi connectivity index (χ3v) is 3.87. The first-order valence-electron chi connectivity index (χ1n) is 5.59. The molecule has 16 heavy (non-hydrogen) atoms. The van der Waals surface area contributed by atoms with Crippen LogP contribution in [0.25, 0.3) is 0 Å². The van der Waals surface area contributed by atoms with Crippen molar-refractivity contribution in [2.24, 2.45) is 11.8 Å². The van der Waals surface area contributed by atoms with E-state index in [1.807, 2.05) is 36.2 Å². The Morgan fingerprint density at radius 3 is 2.81 bits per heavy atom. The summed E-state index contributed by atoms with van der Waals surface area (Å²) in [6.45, 7) is 3.14. The second-order valence-corrected chi connectivity index (χ2v) is 5.91. The molecule has 2 atom stereocenters. The van der Waals surface area contributed by atoms with Gasteiger partial charge in [0.05, 0.1) is 0 Å². The van der Waals surface area contributed by atoms with Crippen molar-refractivity contribution in [2.45, 2.75) is 13.3 Å². The monoisotopic (exact) mass is 329 g/mol. The van der Waals surface area contributed by atoms with E-state index in [1.165, 1.54) is 6.42 Å². The van der Waals surface area contributed by atoms with Crippen molar-refractivity contribution in [2.75, 3.05) is 13.6 Å². The molecule has 2 nitrogen and oxygen atoms in total. The number of halogens is 1. The largest absolute Gasteiger partial charge is 0.341 e. The summed E-state index contributed by atoms with van der Waals surface area (Å²) >= 11 is 2.23. The van der Waals surface area contributed by atoms with Crippen LogP contribution in [0.4, 0.5) is 0 Å². The molecule has 1 aliphatic carbocycles. The molecule has 2 unspecified atom stereocenters. The first-order chi connectivity index (χ1) is 7.58. The summed E-state index contributed by atoms with van der Waals surface area (Å²) < 4.78 is 1.11. The molecule has 0 spiro atoms. The third kappa shape index (κ3) is 2.75. The van der Waals surface area contributed by atoms with Crippen LogP contribution in [-0.2, 0) is 0 Å². The van der Waals surface area contributed by atoms with E-state index >= 15 is 0 Å². The Hall–Kier alpha value is -0.580. The van der Waals surface area contributed by atoms with Crippen molar-refractivity contribution < 1.29 is 4.79 Å². The molecule has 1 fully saturated rings. The van der Waals surface area contributed by atoms with Gasteiger partial charge in [0.25, 0.3) is 5.91 Å². The molecule has 0 heterocycles. The average molecular weight is 329 g/mol. The normalized spacial score (nSPS) is 22.9. The second-order valence-electron chi connectivity index (χ2n) is 4.67. The van der Waals surface area contributed by atoms with Crippen LogP contribution in [0.3, 0.4) is 0 Å². The molecule has 1 aromatic rings. The standard InChI is InChI=1S/C13H16INO/c1-9-6-11(9)8-15(2)13(16)10-4-3-5-12(14)7-10/h3-5,7,9,11H,6,8H2,1-2H3. The van der Waals surface area contributed by atoms with E-state index in [-0.39, 0.29) is 5.91 Å². The molecule has 0 radical (unpaired) electrons. The molecule has 0 bridgehead atoms. The fraction of sp³-hybridized carbons (Fsp3) is 0.462. The summed E-state index contributed by atoms with van der Waals surface area (Å²) in [5, 5.41) is 0. The van der Waals surface area contributed by atoms with E-state index in [2.05, 4.69) is 29.5 Å². The predicted molar refractivity (Wildman–Crippen MR) is 73.4 cm³/mol. The number of carbonyl (C=O) groups excluding carboxylic acids is 1. The SMILES string of the molecule is CC1CC1CN(C)C(=O)c1cccc(I)c1. The minimum Gasteiger partial charge on any atom is -0.341 e. The van der Waals surface area contributed by atoms with Crippen LogP contribution < -0.4 is 0 Å². The van der Waals surface area contributed by atoms with Gasteiger partial charge in [-0.1, -0.05) is 13.0 Å². The highest BCUT2D eigenvalue weighted by Crippen LogP contribution is 2.38. The van der Waals surface area contributed by atoms with Gasteiger partial charge in [-0.05, 0) is 59.0 Å². The van der Waals surface area contributed by atoms with E-state index in [1.54, 1.807) is 0 Å². The Morgan fingerprint density at radius 1 is 1.56 bits per heavy atom. The molecule has 1 saturated carbocycles. The van der Waals surface area contributed by atoms with Gasteiger partial charge in [0.2, 0.25) is 0 Å². The van der Waals surface area contributed by atoms with Crippen molar-refractivity contribution in [3.63, 3.8) is 0 Å². The van der Waals surface area contributed by atoms with Crippen LogP contribution in [0.15, 0.2) is 24.3 Å². The highest BCUT2D eigenvalue weighted by molar-refractivity contribution is 14.1. The van der Waals surface area contributed by atoms with E-state index < -0.39 is 0 Å². The molecule has 3 heteroatoms. The van der Waals surface area contributed by atoms with Crippen LogP contribution in [-0.4, -0.2) is 24.4 Å². The lowest BCUT2D eigenvalue weighted by molar-refractivity contribution is 0.0787. The molecule has 86 valence electrons. The van der Waals surface area contributed by atoms with Crippen molar-refractivity contribution in [3.05, 3.63) is 33.4 Å². The number of carbonyl (C=O) groups is 1. The van der Waals surface area contributed by atoms with Gasteiger partial charge in [-0.3, -0.25) is 4.79 Å². The van der Waals surface area contributed by atoms with Crippen molar-refractivity contribution in [3.8, 4) is 0 Å². The van der Waals surface area contributed by atoms with Gasteiger partial charge >= 0.3 is 0 Å². The molecular weight excluding hydrogens is 313 g/mol. The molecule has 0 aromatic heterocycles. The summed E-state index contributed by atoms with van der Waals surface area (Å²) in [6.07, 6.45) is 1.27. The summed E-state index contributed by atoms with van der Waals surface area (Å²) in [7, 11) is 1.90. The topological polar surface area (TPSA) is 20.3 Å². The van der Waals surface area contributed by atoms with Crippen molar-refractivity contribution >= 4 is 28.5 Å². The maximum Gasteiger partial charge on any atom is 0.253 e. The van der Waals surface area contributed by atoms with E-state index in [0.29, 0.717) is 0 Å². The van der Waals surface area contributed by atoms with Gasteiger partial charge in [0.15, 0.2) is 0 Å². The number of hydrogen-bond acceptors (Lipinski definition) is 1. The minimum absolute atomic E-state index is 0.137. The van der Waals surface area contributed by atoms with Crippen LogP contribution in [0, 0.1) is 15.4 Å². The Kier molecular flexibility index (Phi) is 3.52. The Bertz CT molecular complexity index is 405. The minimum atomic E-state index is 0.137. The fourth-order valence-corrected chi connectivity index (χ4v) is 2.47. The zero-order valence-electron chi connectivity index (χ0n) is 9.61. The van der Waals surface area contributed by atoms with Crippen LogP contribution in [0.5, 0.6) is 0 Å². The Labute approximate surface area is 110 Å². The lowest BCUT2D eigenvalue weighted by Gasteiger charge is -2.17. The molecule has 0 N–H and O–H groups in total. The van der Waals surface area contributed by atoms with E-state index in [9.17, 15) is 4.79 Å². The van der Waals surface area contributed by atoms with Gasteiger partial charge < -0.3 is 4.90 Å². The van der Waals surface area contributed by atoms with Gasteiger partial charge in [-0.15, -0.1) is 0 Å². The zero-order valence-corrected chi connectivity index (χ0v) is 11.8. The number of hydrogen-bond donors (Lipinski definition) is 0. The Balaban J connectivity index is 2.01. The molecule has 0 saturated heterocycles. The maximum atomic E-state index is 12.1. The van der Waals surface area contributed by atoms with Crippen molar-refractivity contribution in [1.29, 1.82) is 0 Å². The maximum absolute atomic E-state index is 12.1. The zero-order chi connectivity index (χ0) is 11.7. The molecular formula is C13H16INO. The lowest BCUT2D eigenvalue weighted by Crippen LogP contribution is -2.29. The van der Waals surface area contributed by atoms with E-state index in [0.717, 1.165) is 27.5 Å². The highest BCUT2D eigenvalue weighted by atomic mass is 127. The number of amides is 1. The molecule has 1 amide bonds. The van der Waals surface area contributed by atoms with Gasteiger partial charge in [-0.2, -0.15) is 0 Å². The predicted octanol–water partition coefficient (Wildman–Crippen LogP) is 3.02. The van der Waals surface area contributed by atoms with Gasteiger partial charge in [0, 0.05) is 22.7 Å². The van der Waals surface area contributed by atoms with Crippen LogP contribution in [0.2, 0.25) is 0 Å². The summed E-state index contributed by atoms with van der Waals surface area (Å²) in [4.78, 5) is 13.9. The summed E-state index contributed by atoms with van der Waals surface area (Å²) in [5.41, 5.74) is 0.794.